The summed E-state index contributed by atoms with van der Waals surface area (Å²) >= 11 is 6.03. The van der Waals surface area contributed by atoms with E-state index in [9.17, 15) is 0 Å². The van der Waals surface area contributed by atoms with Gasteiger partial charge in [0, 0.05) is 36.6 Å². The molecule has 1 saturated heterocycles. The molecule has 0 unspecified atom stereocenters. The van der Waals surface area contributed by atoms with E-state index in [4.69, 9.17) is 21.1 Å². The van der Waals surface area contributed by atoms with Gasteiger partial charge in [-0.05, 0) is 43.7 Å². The van der Waals surface area contributed by atoms with Crippen molar-refractivity contribution in [2.75, 3.05) is 26.2 Å². The van der Waals surface area contributed by atoms with Gasteiger partial charge in [0.1, 0.15) is 0 Å². The second-order valence-corrected chi connectivity index (χ2v) is 7.97. The molecule has 28 heavy (non-hydrogen) atoms. The Morgan fingerprint density at radius 3 is 2.89 bits per heavy atom. The van der Waals surface area contributed by atoms with Crippen LogP contribution in [0.15, 0.2) is 33.8 Å². The van der Waals surface area contributed by atoms with Gasteiger partial charge in [0.15, 0.2) is 5.96 Å². The van der Waals surface area contributed by atoms with Gasteiger partial charge in [-0.15, -0.1) is 24.0 Å². The van der Waals surface area contributed by atoms with E-state index in [-0.39, 0.29) is 24.0 Å². The average molecular weight is 516 g/mol. The van der Waals surface area contributed by atoms with Crippen molar-refractivity contribution in [2.24, 2.45) is 10.4 Å². The molecule has 1 aliphatic carbocycles. The highest BCUT2D eigenvalue weighted by molar-refractivity contribution is 14.0. The molecule has 2 heterocycles. The monoisotopic (exact) mass is 515 g/mol. The van der Waals surface area contributed by atoms with Gasteiger partial charge in [-0.25, -0.2) is 0 Å². The summed E-state index contributed by atoms with van der Waals surface area (Å²) in [4.78, 5) is 11.7. The van der Waals surface area contributed by atoms with Crippen LogP contribution in [-0.4, -0.2) is 47.2 Å². The Morgan fingerprint density at radius 1 is 1.36 bits per heavy atom. The number of nitrogens with one attached hydrogen (secondary N) is 1. The van der Waals surface area contributed by atoms with Crippen LogP contribution in [0.4, 0.5) is 0 Å². The van der Waals surface area contributed by atoms with Crippen molar-refractivity contribution in [1.82, 2.24) is 20.4 Å². The van der Waals surface area contributed by atoms with E-state index >= 15 is 0 Å². The number of guanidine groups is 1. The van der Waals surface area contributed by atoms with Gasteiger partial charge in [0.25, 0.3) is 0 Å². The van der Waals surface area contributed by atoms with Crippen LogP contribution in [0.3, 0.4) is 0 Å². The fourth-order valence-corrected chi connectivity index (χ4v) is 4.18. The number of halogens is 2. The smallest absolute Gasteiger partial charge is 0.228 e. The van der Waals surface area contributed by atoms with Gasteiger partial charge in [-0.3, -0.25) is 4.99 Å². The molecule has 1 N–H and O–H groups in total. The minimum Gasteiger partial charge on any atom is -0.357 e. The molecule has 1 aliphatic heterocycles. The molecule has 2 aromatic rings. The summed E-state index contributed by atoms with van der Waals surface area (Å²) in [5.41, 5.74) is 1.42. The molecule has 2 aliphatic rings. The topological polar surface area (TPSA) is 66.5 Å². The second kappa shape index (κ2) is 9.43. The first-order chi connectivity index (χ1) is 13.2. The first-order valence-corrected chi connectivity index (χ1v) is 10.2. The number of aliphatic imine (C=N–C) groups is 1. The molecule has 6 nitrogen and oxygen atoms in total. The predicted octanol–water partition coefficient (Wildman–Crippen LogP) is 4.39. The average Bonchev–Trinajstić information content (AvgIpc) is 3.28. The van der Waals surface area contributed by atoms with Gasteiger partial charge in [0.2, 0.25) is 11.7 Å². The third kappa shape index (κ3) is 4.79. The Labute approximate surface area is 188 Å². The molecular formula is C20H27ClIN5O. The maximum atomic E-state index is 6.03. The number of hydrogen-bond acceptors (Lipinski definition) is 4. The zero-order valence-corrected chi connectivity index (χ0v) is 19.2. The lowest BCUT2D eigenvalue weighted by molar-refractivity contribution is 0.151. The molecule has 1 saturated carbocycles. The van der Waals surface area contributed by atoms with Crippen LogP contribution in [0.2, 0.25) is 5.02 Å². The number of benzene rings is 1. The van der Waals surface area contributed by atoms with E-state index in [0.717, 1.165) is 31.2 Å². The zero-order chi connectivity index (χ0) is 18.7. The van der Waals surface area contributed by atoms with Crippen molar-refractivity contribution in [2.45, 2.75) is 39.0 Å². The van der Waals surface area contributed by atoms with Gasteiger partial charge < -0.3 is 14.7 Å². The number of aromatic nitrogens is 2. The van der Waals surface area contributed by atoms with Crippen LogP contribution >= 0.6 is 35.6 Å². The molecule has 1 aromatic carbocycles. The van der Waals surface area contributed by atoms with Crippen molar-refractivity contribution in [3.8, 4) is 11.4 Å². The van der Waals surface area contributed by atoms with Crippen LogP contribution < -0.4 is 5.32 Å². The zero-order valence-electron chi connectivity index (χ0n) is 16.2. The molecule has 152 valence electrons. The number of likely N-dealkylation sites (tertiary alicyclic amines) is 1. The van der Waals surface area contributed by atoms with E-state index in [1.807, 2.05) is 24.3 Å². The summed E-state index contributed by atoms with van der Waals surface area (Å²) in [5.74, 6) is 2.17. The summed E-state index contributed by atoms with van der Waals surface area (Å²) in [6.45, 7) is 5.86. The highest BCUT2D eigenvalue weighted by Crippen LogP contribution is 2.47. The lowest BCUT2D eigenvalue weighted by Gasteiger charge is -2.38. The third-order valence-corrected chi connectivity index (χ3v) is 5.86. The van der Waals surface area contributed by atoms with Crippen LogP contribution in [0.1, 0.15) is 38.5 Å². The predicted molar refractivity (Wildman–Crippen MR) is 122 cm³/mol. The van der Waals surface area contributed by atoms with E-state index < -0.39 is 0 Å². The van der Waals surface area contributed by atoms with E-state index in [1.165, 1.54) is 25.7 Å². The number of nitrogens with zero attached hydrogens (tertiary/aromatic N) is 4. The molecule has 8 heteroatoms. The van der Waals surface area contributed by atoms with Gasteiger partial charge in [-0.2, -0.15) is 4.98 Å². The quantitative estimate of drug-likeness (QED) is 0.363. The second-order valence-electron chi connectivity index (χ2n) is 7.53. The summed E-state index contributed by atoms with van der Waals surface area (Å²) in [5, 5.41) is 8.15. The molecule has 0 amide bonds. The highest BCUT2D eigenvalue weighted by atomic mass is 127. The van der Waals surface area contributed by atoms with Crippen LogP contribution in [0.25, 0.3) is 11.4 Å². The van der Waals surface area contributed by atoms with Crippen molar-refractivity contribution in [3.05, 3.63) is 35.2 Å². The lowest BCUT2D eigenvalue weighted by atomic mass is 9.68. The Balaban J connectivity index is 0.00000225. The molecule has 0 radical (unpaired) electrons. The molecule has 2 fully saturated rings. The summed E-state index contributed by atoms with van der Waals surface area (Å²) in [7, 11) is 0. The van der Waals surface area contributed by atoms with Crippen molar-refractivity contribution in [1.29, 1.82) is 0 Å². The van der Waals surface area contributed by atoms with Crippen molar-refractivity contribution in [3.63, 3.8) is 0 Å². The molecule has 1 spiro atoms. The Hall–Kier alpha value is -1.35. The van der Waals surface area contributed by atoms with Crippen LogP contribution in [0.5, 0.6) is 0 Å². The largest absolute Gasteiger partial charge is 0.357 e. The standard InChI is InChI=1S/C20H26ClN5O.HI/c1-2-22-19(26-12-10-20(14-26)8-4-9-20)23-11-7-17-24-18(25-27-17)15-5-3-6-16(21)13-15;/h3,5-6,13H,2,4,7-12,14H2,1H3,(H,22,23);1H. The maximum absolute atomic E-state index is 6.03. The number of rotatable bonds is 5. The first-order valence-electron chi connectivity index (χ1n) is 9.79. The number of hydrogen-bond donors (Lipinski definition) is 1. The Morgan fingerprint density at radius 2 is 2.21 bits per heavy atom. The minimum absolute atomic E-state index is 0. The molecule has 0 atom stereocenters. The fourth-order valence-electron chi connectivity index (χ4n) is 3.99. The Bertz CT molecular complexity index is 820. The maximum Gasteiger partial charge on any atom is 0.228 e. The summed E-state index contributed by atoms with van der Waals surface area (Å²) in [6, 6.07) is 7.47. The van der Waals surface area contributed by atoms with Crippen LogP contribution in [0, 0.1) is 5.41 Å². The van der Waals surface area contributed by atoms with E-state index in [1.54, 1.807) is 0 Å². The van der Waals surface area contributed by atoms with Crippen LogP contribution in [-0.2, 0) is 6.42 Å². The van der Waals surface area contributed by atoms with Gasteiger partial charge in [0.05, 0.1) is 6.54 Å². The Kier molecular flexibility index (Phi) is 7.20. The van der Waals surface area contributed by atoms with Gasteiger partial charge in [-0.1, -0.05) is 35.3 Å². The van der Waals surface area contributed by atoms with E-state index in [0.29, 0.717) is 35.1 Å². The third-order valence-electron chi connectivity index (χ3n) is 5.63. The highest BCUT2D eigenvalue weighted by Gasteiger charge is 2.43. The SMILES string of the molecule is CCNC(=NCCc1nc(-c2cccc(Cl)c2)no1)N1CCC2(CCC2)C1.I. The molecule has 4 rings (SSSR count). The molecular weight excluding hydrogens is 489 g/mol. The lowest BCUT2D eigenvalue weighted by Crippen LogP contribution is -2.42. The van der Waals surface area contributed by atoms with Crippen molar-refractivity contribution >= 4 is 41.5 Å². The summed E-state index contributed by atoms with van der Waals surface area (Å²) < 4.78 is 5.38. The normalized spacial score (nSPS) is 18.1. The molecule has 1 aromatic heterocycles. The van der Waals surface area contributed by atoms with Gasteiger partial charge >= 0.3 is 0 Å². The molecule has 0 bridgehead atoms. The first kappa shape index (κ1) is 21.4. The van der Waals surface area contributed by atoms with E-state index in [2.05, 4.69) is 27.3 Å². The van der Waals surface area contributed by atoms with Crippen molar-refractivity contribution < 1.29 is 4.52 Å². The fraction of sp³-hybridized carbons (Fsp3) is 0.550. The minimum atomic E-state index is 0. The summed E-state index contributed by atoms with van der Waals surface area (Å²) in [6.07, 6.45) is 6.05.